The molecule has 1 saturated heterocycles. The van der Waals surface area contributed by atoms with Crippen molar-refractivity contribution in [3.63, 3.8) is 0 Å². The van der Waals surface area contributed by atoms with Crippen LogP contribution in [0.1, 0.15) is 30.1 Å². The van der Waals surface area contributed by atoms with E-state index in [1.807, 2.05) is 24.0 Å². The molecular formula is C14H18N2O3. The molecule has 2 N–H and O–H groups in total. The van der Waals surface area contributed by atoms with Gasteiger partial charge in [-0.15, -0.1) is 0 Å². The van der Waals surface area contributed by atoms with Crippen LogP contribution in [0.3, 0.4) is 0 Å². The first kappa shape index (κ1) is 12.3. The lowest BCUT2D eigenvalue weighted by Gasteiger charge is -2.36. The Kier molecular flexibility index (Phi) is 3.06. The van der Waals surface area contributed by atoms with Gasteiger partial charge in [-0.2, -0.15) is 0 Å². The van der Waals surface area contributed by atoms with Crippen molar-refractivity contribution < 1.29 is 14.3 Å². The van der Waals surface area contributed by atoms with Crippen molar-refractivity contribution in [1.29, 1.82) is 0 Å². The Labute approximate surface area is 112 Å². The zero-order chi connectivity index (χ0) is 13.4. The summed E-state index contributed by atoms with van der Waals surface area (Å²) in [5.74, 6) is 1.21. The second kappa shape index (κ2) is 4.74. The molecule has 5 nitrogen and oxygen atoms in total. The van der Waals surface area contributed by atoms with E-state index in [2.05, 4.69) is 0 Å². The maximum absolute atomic E-state index is 12.6. The van der Waals surface area contributed by atoms with Crippen LogP contribution in [-0.2, 0) is 0 Å². The predicted octanol–water partition coefficient (Wildman–Crippen LogP) is 1.37. The van der Waals surface area contributed by atoms with Gasteiger partial charge in [-0.1, -0.05) is 6.07 Å². The number of rotatable bonds is 1. The Morgan fingerprint density at radius 3 is 3.05 bits per heavy atom. The number of carbonyl (C=O) groups excluding carboxylic acids is 1. The van der Waals surface area contributed by atoms with Crippen LogP contribution in [0.2, 0.25) is 0 Å². The number of likely N-dealkylation sites (tertiary alicyclic amines) is 1. The van der Waals surface area contributed by atoms with Crippen LogP contribution in [0.5, 0.6) is 11.5 Å². The summed E-state index contributed by atoms with van der Waals surface area (Å²) in [6.45, 7) is 2.92. The normalized spacial score (nSPS) is 25.5. The number of hydrogen-bond acceptors (Lipinski definition) is 4. The molecule has 1 amide bonds. The first-order valence-corrected chi connectivity index (χ1v) is 6.62. The van der Waals surface area contributed by atoms with Gasteiger partial charge in [0, 0.05) is 18.6 Å². The Morgan fingerprint density at radius 2 is 2.26 bits per heavy atom. The lowest BCUT2D eigenvalue weighted by molar-refractivity contribution is 0.0614. The molecular weight excluding hydrogens is 244 g/mol. The van der Waals surface area contributed by atoms with Crippen LogP contribution in [0.15, 0.2) is 18.2 Å². The lowest BCUT2D eigenvalue weighted by atomic mass is 9.98. The van der Waals surface area contributed by atoms with Gasteiger partial charge in [0.05, 0.1) is 5.56 Å². The van der Waals surface area contributed by atoms with E-state index < -0.39 is 0 Å². The molecule has 1 aromatic rings. The van der Waals surface area contributed by atoms with Gasteiger partial charge in [-0.25, -0.2) is 0 Å². The lowest BCUT2D eigenvalue weighted by Crippen LogP contribution is -2.48. The van der Waals surface area contributed by atoms with Crippen LogP contribution in [0, 0.1) is 0 Å². The number of para-hydroxylation sites is 1. The van der Waals surface area contributed by atoms with E-state index in [9.17, 15) is 4.79 Å². The molecule has 2 atom stereocenters. The molecule has 0 saturated carbocycles. The second-order valence-electron chi connectivity index (χ2n) is 5.17. The third-order valence-electron chi connectivity index (χ3n) is 3.80. The van der Waals surface area contributed by atoms with Gasteiger partial charge in [-0.05, 0) is 31.9 Å². The van der Waals surface area contributed by atoms with E-state index in [1.165, 1.54) is 0 Å². The molecule has 1 fully saturated rings. The number of hydrogen-bond donors (Lipinski definition) is 1. The fourth-order valence-electron chi connectivity index (χ4n) is 2.76. The van der Waals surface area contributed by atoms with Gasteiger partial charge in [0.15, 0.2) is 11.5 Å². The van der Waals surface area contributed by atoms with Crippen molar-refractivity contribution in [2.75, 3.05) is 13.3 Å². The molecule has 0 spiro atoms. The molecule has 102 valence electrons. The average Bonchev–Trinajstić information content (AvgIpc) is 2.86. The van der Waals surface area contributed by atoms with E-state index in [0.717, 1.165) is 12.8 Å². The molecule has 0 bridgehead atoms. The van der Waals surface area contributed by atoms with E-state index in [-0.39, 0.29) is 24.8 Å². The van der Waals surface area contributed by atoms with Crippen LogP contribution >= 0.6 is 0 Å². The van der Waals surface area contributed by atoms with Crippen molar-refractivity contribution in [3.05, 3.63) is 23.8 Å². The molecule has 2 aliphatic heterocycles. The summed E-state index contributed by atoms with van der Waals surface area (Å²) in [6, 6.07) is 5.78. The maximum atomic E-state index is 12.6. The summed E-state index contributed by atoms with van der Waals surface area (Å²) in [5, 5.41) is 0. The van der Waals surface area contributed by atoms with Gasteiger partial charge in [-0.3, -0.25) is 4.79 Å². The Bertz CT molecular complexity index is 503. The number of fused-ring (bicyclic) bond motifs is 1. The standard InChI is InChI=1S/C14H18N2O3/c1-9-7-10(15)5-6-16(9)14(17)11-3-2-4-12-13(11)19-8-18-12/h2-4,9-10H,5-8,15H2,1H3/t9-,10-/m0/s1. The number of carbonyl (C=O) groups is 1. The Morgan fingerprint density at radius 1 is 1.42 bits per heavy atom. The van der Waals surface area contributed by atoms with Gasteiger partial charge in [0.2, 0.25) is 6.79 Å². The zero-order valence-corrected chi connectivity index (χ0v) is 11.0. The fraction of sp³-hybridized carbons (Fsp3) is 0.500. The van der Waals surface area contributed by atoms with Crippen molar-refractivity contribution in [1.82, 2.24) is 4.90 Å². The molecule has 19 heavy (non-hydrogen) atoms. The number of piperidine rings is 1. The van der Waals surface area contributed by atoms with Crippen LogP contribution in [0.4, 0.5) is 0 Å². The zero-order valence-electron chi connectivity index (χ0n) is 11.0. The first-order chi connectivity index (χ1) is 9.16. The molecule has 0 aliphatic carbocycles. The van der Waals surface area contributed by atoms with Crippen molar-refractivity contribution in [3.8, 4) is 11.5 Å². The van der Waals surface area contributed by atoms with Gasteiger partial charge >= 0.3 is 0 Å². The van der Waals surface area contributed by atoms with Crippen molar-refractivity contribution in [2.24, 2.45) is 5.73 Å². The Hall–Kier alpha value is -1.75. The summed E-state index contributed by atoms with van der Waals surface area (Å²) in [5.41, 5.74) is 6.51. The SMILES string of the molecule is C[C@H]1C[C@@H](N)CCN1C(=O)c1cccc2c1OCO2. The molecule has 0 aromatic heterocycles. The summed E-state index contributed by atoms with van der Waals surface area (Å²) < 4.78 is 10.7. The highest BCUT2D eigenvalue weighted by atomic mass is 16.7. The number of benzene rings is 1. The highest BCUT2D eigenvalue weighted by Crippen LogP contribution is 2.36. The number of nitrogens with two attached hydrogens (primary N) is 1. The smallest absolute Gasteiger partial charge is 0.258 e. The van der Waals surface area contributed by atoms with Crippen molar-refractivity contribution in [2.45, 2.75) is 31.8 Å². The minimum absolute atomic E-state index is 0.00162. The van der Waals surface area contributed by atoms with Gasteiger partial charge < -0.3 is 20.1 Å². The third kappa shape index (κ3) is 2.14. The van der Waals surface area contributed by atoms with Gasteiger partial charge in [0.1, 0.15) is 0 Å². The van der Waals surface area contributed by atoms with Gasteiger partial charge in [0.25, 0.3) is 5.91 Å². The van der Waals surface area contributed by atoms with Crippen molar-refractivity contribution >= 4 is 5.91 Å². The highest BCUT2D eigenvalue weighted by molar-refractivity contribution is 5.98. The minimum Gasteiger partial charge on any atom is -0.454 e. The molecule has 0 radical (unpaired) electrons. The summed E-state index contributed by atoms with van der Waals surface area (Å²) >= 11 is 0. The van der Waals surface area contributed by atoms with E-state index >= 15 is 0 Å². The number of ether oxygens (including phenoxy) is 2. The Balaban J connectivity index is 1.87. The van der Waals surface area contributed by atoms with E-state index in [1.54, 1.807) is 6.07 Å². The molecule has 3 rings (SSSR count). The average molecular weight is 262 g/mol. The molecule has 5 heteroatoms. The number of nitrogens with zero attached hydrogens (tertiary/aromatic N) is 1. The monoisotopic (exact) mass is 262 g/mol. The topological polar surface area (TPSA) is 64.8 Å². The second-order valence-corrected chi connectivity index (χ2v) is 5.17. The summed E-state index contributed by atoms with van der Waals surface area (Å²) in [7, 11) is 0. The minimum atomic E-state index is 0.00162. The number of amides is 1. The largest absolute Gasteiger partial charge is 0.454 e. The quantitative estimate of drug-likeness (QED) is 0.830. The third-order valence-corrected chi connectivity index (χ3v) is 3.80. The maximum Gasteiger partial charge on any atom is 0.258 e. The predicted molar refractivity (Wildman–Crippen MR) is 70.3 cm³/mol. The van der Waals surface area contributed by atoms with Crippen LogP contribution in [0.25, 0.3) is 0 Å². The van der Waals surface area contributed by atoms with E-state index in [4.69, 9.17) is 15.2 Å². The first-order valence-electron chi connectivity index (χ1n) is 6.62. The summed E-state index contributed by atoms with van der Waals surface area (Å²) in [4.78, 5) is 14.5. The summed E-state index contributed by atoms with van der Waals surface area (Å²) in [6.07, 6.45) is 1.70. The molecule has 0 unspecified atom stereocenters. The van der Waals surface area contributed by atoms with Crippen LogP contribution < -0.4 is 15.2 Å². The fourth-order valence-corrected chi connectivity index (χ4v) is 2.76. The highest BCUT2D eigenvalue weighted by Gasteiger charge is 2.31. The molecule has 1 aromatic carbocycles. The van der Waals surface area contributed by atoms with E-state index in [0.29, 0.717) is 23.6 Å². The van der Waals surface area contributed by atoms with Crippen LogP contribution in [-0.4, -0.2) is 36.2 Å². The molecule has 2 heterocycles. The molecule has 2 aliphatic rings.